The predicted octanol–water partition coefficient (Wildman–Crippen LogP) is -1.63. The Kier molecular flexibility index (Phi) is 10.9. The van der Waals surface area contributed by atoms with E-state index in [0.717, 1.165) is 0 Å². The first-order valence-electron chi connectivity index (χ1n) is 7.98. The van der Waals surface area contributed by atoms with Gasteiger partial charge in [0.05, 0.1) is 25.4 Å². The SMILES string of the molecule is COCC1CC(O)C(O)[C@H](O[C@H]2C(C(=O)O)OCC(OC)C2OC)O1.[Ac]. The van der Waals surface area contributed by atoms with Crippen LogP contribution in [0.25, 0.3) is 0 Å². The zero-order chi connectivity index (χ0) is 18.6. The van der Waals surface area contributed by atoms with E-state index in [1.54, 1.807) is 0 Å². The number of aliphatic carboxylic acids is 1. The van der Waals surface area contributed by atoms with Crippen molar-refractivity contribution in [2.24, 2.45) is 0 Å². The second-order valence-corrected chi connectivity index (χ2v) is 6.04. The van der Waals surface area contributed by atoms with Crippen molar-refractivity contribution in [2.45, 2.75) is 55.4 Å². The van der Waals surface area contributed by atoms with E-state index < -0.39 is 55.0 Å². The van der Waals surface area contributed by atoms with E-state index >= 15 is 0 Å². The van der Waals surface area contributed by atoms with Crippen LogP contribution in [-0.2, 0) is 33.2 Å². The van der Waals surface area contributed by atoms with Crippen LogP contribution in [0.3, 0.4) is 0 Å². The van der Waals surface area contributed by atoms with Gasteiger partial charge in [-0.3, -0.25) is 0 Å². The molecule has 8 atom stereocenters. The number of methoxy groups -OCH3 is 3. The summed E-state index contributed by atoms with van der Waals surface area (Å²) in [5.74, 6) is -1.24. The largest absolute Gasteiger partial charge is 0.479 e. The maximum Gasteiger partial charge on any atom is 0.335 e. The molecule has 3 N–H and O–H groups in total. The first-order valence-corrected chi connectivity index (χ1v) is 7.98. The van der Waals surface area contributed by atoms with Crippen molar-refractivity contribution in [3.05, 3.63) is 0 Å². The molecule has 2 aliphatic rings. The summed E-state index contributed by atoms with van der Waals surface area (Å²) in [5, 5.41) is 29.6. The molecule has 1 radical (unpaired) electrons. The number of hydrogen-bond donors (Lipinski definition) is 3. The first kappa shape index (κ1) is 24.6. The molecule has 0 aromatic rings. The van der Waals surface area contributed by atoms with E-state index in [1.807, 2.05) is 0 Å². The van der Waals surface area contributed by atoms with Gasteiger partial charge in [0.25, 0.3) is 0 Å². The van der Waals surface area contributed by atoms with Gasteiger partial charge in [-0.2, -0.15) is 0 Å². The summed E-state index contributed by atoms with van der Waals surface area (Å²) in [6.07, 6.45) is -7.75. The monoisotopic (exact) mass is 593 g/mol. The van der Waals surface area contributed by atoms with Crippen molar-refractivity contribution < 1.29 is 92.6 Å². The minimum Gasteiger partial charge on any atom is -0.479 e. The maximum absolute atomic E-state index is 11.5. The molecule has 2 aliphatic heterocycles. The Hall–Kier alpha value is 0.592. The number of ether oxygens (including phenoxy) is 6. The molecular formula is C15H26AcO10. The molecule has 149 valence electrons. The Bertz CT molecular complexity index is 439. The number of rotatable bonds is 7. The summed E-state index contributed by atoms with van der Waals surface area (Å²) in [6.45, 7) is 0.219. The van der Waals surface area contributed by atoms with Crippen molar-refractivity contribution in [3.63, 3.8) is 0 Å². The summed E-state index contributed by atoms with van der Waals surface area (Å²) in [6, 6.07) is 0. The van der Waals surface area contributed by atoms with Crippen molar-refractivity contribution in [2.75, 3.05) is 34.5 Å². The summed E-state index contributed by atoms with van der Waals surface area (Å²) in [5.41, 5.74) is 0. The van der Waals surface area contributed by atoms with Crippen molar-refractivity contribution in [1.82, 2.24) is 0 Å². The molecule has 2 rings (SSSR count). The van der Waals surface area contributed by atoms with Crippen LogP contribution >= 0.6 is 0 Å². The third-order valence-corrected chi connectivity index (χ3v) is 4.39. The van der Waals surface area contributed by atoms with E-state index in [2.05, 4.69) is 0 Å². The maximum atomic E-state index is 11.5. The molecule has 11 heteroatoms. The molecule has 0 aromatic heterocycles. The van der Waals surface area contributed by atoms with Crippen LogP contribution in [0.1, 0.15) is 6.42 Å². The van der Waals surface area contributed by atoms with Crippen LogP contribution in [0.4, 0.5) is 0 Å². The van der Waals surface area contributed by atoms with Gasteiger partial charge in [0.2, 0.25) is 0 Å². The van der Waals surface area contributed by atoms with Crippen LogP contribution in [0, 0.1) is 44.1 Å². The van der Waals surface area contributed by atoms with Crippen LogP contribution in [-0.4, -0.2) is 105 Å². The van der Waals surface area contributed by atoms with Gasteiger partial charge < -0.3 is 43.7 Å². The molecule has 10 nitrogen and oxygen atoms in total. The molecule has 0 saturated carbocycles. The van der Waals surface area contributed by atoms with E-state index in [1.165, 1.54) is 21.3 Å². The summed E-state index contributed by atoms with van der Waals surface area (Å²) in [4.78, 5) is 11.5. The molecule has 0 bridgehead atoms. The van der Waals surface area contributed by atoms with Crippen LogP contribution in [0.5, 0.6) is 0 Å². The number of hydrogen-bond acceptors (Lipinski definition) is 9. The number of aliphatic hydroxyl groups excluding tert-OH is 2. The first-order chi connectivity index (χ1) is 11.9. The molecule has 2 fully saturated rings. The fraction of sp³-hybridized carbons (Fsp3) is 0.933. The molecule has 0 amide bonds. The van der Waals surface area contributed by atoms with E-state index in [-0.39, 0.29) is 63.7 Å². The third kappa shape index (κ3) is 5.80. The molecule has 2 heterocycles. The van der Waals surface area contributed by atoms with Gasteiger partial charge in [0.15, 0.2) is 12.4 Å². The molecular weight excluding hydrogens is 567 g/mol. The Balaban J connectivity index is 0.00000338. The average Bonchev–Trinajstić information content (AvgIpc) is 2.58. The predicted molar refractivity (Wildman–Crippen MR) is 81.0 cm³/mol. The third-order valence-electron chi connectivity index (χ3n) is 4.39. The molecule has 2 saturated heterocycles. The average molecular weight is 593 g/mol. The topological polar surface area (TPSA) is 133 Å². The molecule has 0 spiro atoms. The van der Waals surface area contributed by atoms with Crippen LogP contribution < -0.4 is 0 Å². The molecule has 0 aromatic carbocycles. The fourth-order valence-corrected chi connectivity index (χ4v) is 3.10. The zero-order valence-electron chi connectivity index (χ0n) is 15.0. The summed E-state index contributed by atoms with van der Waals surface area (Å²) < 4.78 is 32.2. The van der Waals surface area contributed by atoms with Gasteiger partial charge in [0.1, 0.15) is 24.4 Å². The Morgan fingerprint density at radius 2 is 1.85 bits per heavy atom. The van der Waals surface area contributed by atoms with Crippen LogP contribution in [0.15, 0.2) is 0 Å². The zero-order valence-corrected chi connectivity index (χ0v) is 19.8. The quantitative estimate of drug-likeness (QED) is 0.316. The Labute approximate surface area is 187 Å². The Morgan fingerprint density at radius 3 is 2.38 bits per heavy atom. The number of aliphatic hydroxyl groups is 2. The van der Waals surface area contributed by atoms with Gasteiger partial charge in [-0.25, -0.2) is 4.79 Å². The second kappa shape index (κ2) is 11.6. The van der Waals surface area contributed by atoms with Gasteiger partial charge in [-0.1, -0.05) is 0 Å². The molecule has 26 heavy (non-hydrogen) atoms. The number of carbonyl (C=O) groups is 1. The van der Waals surface area contributed by atoms with Gasteiger partial charge in [0, 0.05) is 71.8 Å². The Morgan fingerprint density at radius 1 is 1.15 bits per heavy atom. The standard InChI is InChI=1S/C15H26O10.Ac/c1-20-5-7-4-8(16)10(17)15(24-7)25-12-11(22-3)9(21-2)6-23-13(12)14(18)19;/h7-13,15-17H,4-6H2,1-3H3,(H,18,19);/t7?,8?,9?,10?,11?,12-,13?,15+;/m1./s1. The second-order valence-electron chi connectivity index (χ2n) is 6.04. The van der Waals surface area contributed by atoms with Crippen molar-refractivity contribution >= 4 is 5.97 Å². The van der Waals surface area contributed by atoms with Crippen molar-refractivity contribution in [1.29, 1.82) is 0 Å². The van der Waals surface area contributed by atoms with Crippen LogP contribution in [0.2, 0.25) is 0 Å². The summed E-state index contributed by atoms with van der Waals surface area (Å²) in [7, 11) is 4.33. The fourth-order valence-electron chi connectivity index (χ4n) is 3.10. The van der Waals surface area contributed by atoms with E-state index in [4.69, 9.17) is 28.4 Å². The molecule has 6 unspecified atom stereocenters. The summed E-state index contributed by atoms with van der Waals surface area (Å²) >= 11 is 0. The minimum absolute atomic E-state index is 0. The van der Waals surface area contributed by atoms with Crippen molar-refractivity contribution in [3.8, 4) is 0 Å². The van der Waals surface area contributed by atoms with Gasteiger partial charge in [-0.05, 0) is 0 Å². The van der Waals surface area contributed by atoms with E-state index in [9.17, 15) is 20.1 Å². The van der Waals surface area contributed by atoms with E-state index in [0.29, 0.717) is 0 Å². The normalized spacial score (nSPS) is 40.7. The number of carboxylic acid groups (broad SMARTS) is 1. The van der Waals surface area contributed by atoms with Gasteiger partial charge >= 0.3 is 5.97 Å². The van der Waals surface area contributed by atoms with Gasteiger partial charge in [-0.15, -0.1) is 0 Å². The molecule has 0 aliphatic carbocycles. The minimum atomic E-state index is -1.34. The smallest absolute Gasteiger partial charge is 0.335 e. The number of carboxylic acids is 1.